The van der Waals surface area contributed by atoms with Gasteiger partial charge in [0, 0.05) is 22.2 Å². The Morgan fingerprint density at radius 1 is 1.24 bits per heavy atom. The highest BCUT2D eigenvalue weighted by Crippen LogP contribution is 2.36. The van der Waals surface area contributed by atoms with Crippen LogP contribution in [-0.4, -0.2) is 30.0 Å². The van der Waals surface area contributed by atoms with E-state index in [1.807, 2.05) is 12.1 Å². The molecule has 3 rings (SSSR count). The first kappa shape index (κ1) is 20.6. The molecule has 3 aromatic rings. The second-order valence-electron chi connectivity index (χ2n) is 5.92. The smallest absolute Gasteiger partial charge is 0.350 e. The molecule has 10 heteroatoms. The second-order valence-corrected chi connectivity index (χ2v) is 7.35. The van der Waals surface area contributed by atoms with Gasteiger partial charge in [-0.05, 0) is 19.1 Å². The van der Waals surface area contributed by atoms with Gasteiger partial charge >= 0.3 is 5.97 Å². The average Bonchev–Trinajstić information content (AvgIpc) is 3.04. The number of hydrogen-bond donors (Lipinski definition) is 1. The number of nitrogens with zero attached hydrogens (tertiary/aromatic N) is 1. The Morgan fingerprint density at radius 3 is 2.62 bits per heavy atom. The highest BCUT2D eigenvalue weighted by molar-refractivity contribution is 7.21. The highest BCUT2D eigenvalue weighted by atomic mass is 35.5. The van der Waals surface area contributed by atoms with Crippen molar-refractivity contribution < 1.29 is 24.0 Å². The van der Waals surface area contributed by atoms with E-state index >= 15 is 0 Å². The summed E-state index contributed by atoms with van der Waals surface area (Å²) < 4.78 is 11.2. The van der Waals surface area contributed by atoms with Gasteiger partial charge in [-0.2, -0.15) is 0 Å². The minimum atomic E-state index is -1.17. The zero-order chi connectivity index (χ0) is 21.1. The number of non-ortho nitro benzene ring substituents is 1. The molecule has 0 spiro atoms. The van der Waals surface area contributed by atoms with Crippen molar-refractivity contribution in [2.24, 2.45) is 0 Å². The number of nitrogens with one attached hydrogen (secondary N) is 1. The van der Waals surface area contributed by atoms with E-state index in [9.17, 15) is 19.7 Å². The van der Waals surface area contributed by atoms with E-state index in [1.165, 1.54) is 37.5 Å². The molecule has 0 radical (unpaired) electrons. The van der Waals surface area contributed by atoms with Gasteiger partial charge in [0.25, 0.3) is 11.6 Å². The fraction of sp³-hybridized carbons (Fsp3) is 0.158. The minimum absolute atomic E-state index is 0.0921. The number of amides is 1. The summed E-state index contributed by atoms with van der Waals surface area (Å²) in [5, 5.41) is 14.4. The first-order valence-corrected chi connectivity index (χ1v) is 9.52. The van der Waals surface area contributed by atoms with Gasteiger partial charge in [0.15, 0.2) is 6.10 Å². The molecule has 0 unspecified atom stereocenters. The highest BCUT2D eigenvalue weighted by Gasteiger charge is 2.24. The molecule has 1 heterocycles. The van der Waals surface area contributed by atoms with Crippen LogP contribution in [0.4, 0.5) is 11.4 Å². The molecule has 0 aliphatic heterocycles. The molecule has 0 aliphatic rings. The zero-order valence-electron chi connectivity index (χ0n) is 15.3. The quantitative estimate of drug-likeness (QED) is 0.343. The summed E-state index contributed by atoms with van der Waals surface area (Å²) in [6.07, 6.45) is -1.17. The summed E-state index contributed by atoms with van der Waals surface area (Å²) in [6, 6.07) is 11.0. The molecule has 29 heavy (non-hydrogen) atoms. The van der Waals surface area contributed by atoms with Crippen LogP contribution in [0, 0.1) is 10.1 Å². The predicted octanol–water partition coefficient (Wildman–Crippen LogP) is 4.66. The molecule has 1 amide bonds. The largest absolute Gasteiger partial charge is 0.495 e. The standard InChI is InChI=1S/C19H15ClN2O6S/c1-10(18(23)21-13-9-11(22(25)26)7-8-14(13)27-2)28-19(24)17-16(20)12-5-3-4-6-15(12)29-17/h3-10H,1-2H3,(H,21,23)/t10-/m0/s1. The second kappa shape index (κ2) is 8.46. The lowest BCUT2D eigenvalue weighted by Crippen LogP contribution is -2.30. The van der Waals surface area contributed by atoms with E-state index in [2.05, 4.69) is 5.32 Å². The van der Waals surface area contributed by atoms with Gasteiger partial charge in [0.05, 0.1) is 22.7 Å². The van der Waals surface area contributed by atoms with E-state index in [-0.39, 0.29) is 27.0 Å². The summed E-state index contributed by atoms with van der Waals surface area (Å²) in [6.45, 7) is 1.39. The van der Waals surface area contributed by atoms with Crippen LogP contribution in [0.2, 0.25) is 5.02 Å². The number of ether oxygens (including phenoxy) is 2. The number of esters is 1. The predicted molar refractivity (Wildman–Crippen MR) is 110 cm³/mol. The third-order valence-electron chi connectivity index (χ3n) is 4.03. The van der Waals surface area contributed by atoms with Crippen molar-refractivity contribution in [3.63, 3.8) is 0 Å². The fourth-order valence-electron chi connectivity index (χ4n) is 2.55. The van der Waals surface area contributed by atoms with Crippen LogP contribution in [0.5, 0.6) is 5.75 Å². The minimum Gasteiger partial charge on any atom is -0.495 e. The number of carbonyl (C=O) groups excluding carboxylic acids is 2. The molecule has 0 aliphatic carbocycles. The number of rotatable bonds is 6. The van der Waals surface area contributed by atoms with Crippen molar-refractivity contribution in [3.05, 3.63) is 62.5 Å². The van der Waals surface area contributed by atoms with E-state index in [0.29, 0.717) is 0 Å². The number of halogens is 1. The topological polar surface area (TPSA) is 108 Å². The third kappa shape index (κ3) is 4.30. The number of hydrogen-bond acceptors (Lipinski definition) is 7. The van der Waals surface area contributed by atoms with Gasteiger partial charge in [-0.3, -0.25) is 14.9 Å². The Balaban J connectivity index is 1.75. The molecule has 1 atom stereocenters. The average molecular weight is 435 g/mol. The van der Waals surface area contributed by atoms with Crippen molar-refractivity contribution in [2.75, 3.05) is 12.4 Å². The number of benzene rings is 2. The Labute approximate surface area is 174 Å². The van der Waals surface area contributed by atoms with Crippen LogP contribution in [0.25, 0.3) is 10.1 Å². The Kier molecular flexibility index (Phi) is 6.00. The molecule has 0 saturated carbocycles. The van der Waals surface area contributed by atoms with E-state index in [0.717, 1.165) is 16.2 Å². The molecule has 0 fully saturated rings. The number of anilines is 1. The summed E-state index contributed by atoms with van der Waals surface area (Å²) in [5.74, 6) is -1.17. The summed E-state index contributed by atoms with van der Waals surface area (Å²) in [4.78, 5) is 35.5. The molecule has 1 N–H and O–H groups in total. The van der Waals surface area contributed by atoms with Crippen molar-refractivity contribution in [3.8, 4) is 5.75 Å². The van der Waals surface area contributed by atoms with Crippen LogP contribution >= 0.6 is 22.9 Å². The molecule has 0 saturated heterocycles. The molecular weight excluding hydrogens is 420 g/mol. The Hall–Kier alpha value is -3.17. The summed E-state index contributed by atoms with van der Waals surface area (Å²) in [7, 11) is 1.36. The number of fused-ring (bicyclic) bond motifs is 1. The van der Waals surface area contributed by atoms with Crippen LogP contribution in [0.15, 0.2) is 42.5 Å². The molecule has 8 nitrogen and oxygen atoms in total. The van der Waals surface area contributed by atoms with Gasteiger partial charge < -0.3 is 14.8 Å². The van der Waals surface area contributed by atoms with Crippen LogP contribution in [0.3, 0.4) is 0 Å². The maximum absolute atomic E-state index is 12.5. The van der Waals surface area contributed by atoms with Crippen molar-refractivity contribution in [1.82, 2.24) is 0 Å². The van der Waals surface area contributed by atoms with Crippen molar-refractivity contribution >= 4 is 56.3 Å². The lowest BCUT2D eigenvalue weighted by Gasteiger charge is -2.15. The third-order valence-corrected chi connectivity index (χ3v) is 5.68. The lowest BCUT2D eigenvalue weighted by molar-refractivity contribution is -0.384. The zero-order valence-corrected chi connectivity index (χ0v) is 16.9. The molecule has 150 valence electrons. The van der Waals surface area contributed by atoms with E-state index in [4.69, 9.17) is 21.1 Å². The molecule has 0 bridgehead atoms. The van der Waals surface area contributed by atoms with E-state index in [1.54, 1.807) is 12.1 Å². The van der Waals surface area contributed by atoms with Crippen molar-refractivity contribution in [2.45, 2.75) is 13.0 Å². The van der Waals surface area contributed by atoms with Gasteiger partial charge in [-0.1, -0.05) is 29.8 Å². The maximum Gasteiger partial charge on any atom is 0.350 e. The van der Waals surface area contributed by atoms with Gasteiger partial charge in [0.1, 0.15) is 10.6 Å². The maximum atomic E-state index is 12.5. The number of nitro groups is 1. The SMILES string of the molecule is COc1ccc([N+](=O)[O-])cc1NC(=O)[C@H](C)OC(=O)c1sc2ccccc2c1Cl. The van der Waals surface area contributed by atoms with Crippen LogP contribution in [0.1, 0.15) is 16.6 Å². The van der Waals surface area contributed by atoms with Gasteiger partial charge in [-0.25, -0.2) is 4.79 Å². The number of carbonyl (C=O) groups is 2. The number of methoxy groups -OCH3 is 1. The molecular formula is C19H15ClN2O6S. The molecule has 2 aromatic carbocycles. The van der Waals surface area contributed by atoms with Gasteiger partial charge in [-0.15, -0.1) is 11.3 Å². The first-order chi connectivity index (χ1) is 13.8. The number of thiophene rings is 1. The van der Waals surface area contributed by atoms with Crippen LogP contribution < -0.4 is 10.1 Å². The van der Waals surface area contributed by atoms with Crippen molar-refractivity contribution in [1.29, 1.82) is 0 Å². The summed E-state index contributed by atoms with van der Waals surface area (Å²) in [5.41, 5.74) is -0.128. The lowest BCUT2D eigenvalue weighted by atomic mass is 10.2. The monoisotopic (exact) mass is 434 g/mol. The Bertz CT molecular complexity index is 1110. The first-order valence-electron chi connectivity index (χ1n) is 8.33. The summed E-state index contributed by atoms with van der Waals surface area (Å²) >= 11 is 7.43. The van der Waals surface area contributed by atoms with Gasteiger partial charge in [0.2, 0.25) is 0 Å². The van der Waals surface area contributed by atoms with E-state index < -0.39 is 22.9 Å². The normalized spacial score (nSPS) is 11.7. The van der Waals surface area contributed by atoms with Crippen LogP contribution in [-0.2, 0) is 9.53 Å². The molecule has 1 aromatic heterocycles. The Morgan fingerprint density at radius 2 is 1.97 bits per heavy atom. The number of nitro benzene ring substituents is 1. The fourth-order valence-corrected chi connectivity index (χ4v) is 3.95.